The van der Waals surface area contributed by atoms with Crippen LogP contribution in [0.1, 0.15) is 27.7 Å². The molecule has 0 saturated heterocycles. The van der Waals surface area contributed by atoms with E-state index in [9.17, 15) is 5.11 Å². The molecule has 0 aliphatic heterocycles. The summed E-state index contributed by atoms with van der Waals surface area (Å²) in [5, 5.41) is 9.53. The first-order chi connectivity index (χ1) is 4.96. The van der Waals surface area contributed by atoms with Gasteiger partial charge in [-0.3, -0.25) is 4.52 Å². The minimum atomic E-state index is -3.71. The minimum absolute atomic E-state index is 1.08. The van der Waals surface area contributed by atoms with Gasteiger partial charge in [-0.05, 0) is 39.5 Å². The second kappa shape index (κ2) is 3.33. The smallest absolute Gasteiger partial charge is 0.322 e. The van der Waals surface area contributed by atoms with Gasteiger partial charge in [0.2, 0.25) is 0 Å². The Morgan fingerprint density at radius 1 is 1.17 bits per heavy atom. The minimum Gasteiger partial charge on any atom is -0.387 e. The second-order valence-electron chi connectivity index (χ2n) is 3.65. The summed E-state index contributed by atoms with van der Waals surface area (Å²) in [5.41, 5.74) is -2.26. The predicted octanol–water partition coefficient (Wildman–Crippen LogP) is 0.762. The Bertz CT molecular complexity index is 202. The van der Waals surface area contributed by atoms with E-state index < -0.39 is 17.9 Å². The highest BCUT2D eigenvalue weighted by atomic mass is 32.5. The van der Waals surface area contributed by atoms with Gasteiger partial charge in [-0.1, -0.05) is 0 Å². The van der Waals surface area contributed by atoms with E-state index in [1.807, 2.05) is 0 Å². The molecule has 0 fully saturated rings. The van der Waals surface area contributed by atoms with Crippen molar-refractivity contribution in [1.82, 2.24) is 0 Å². The lowest BCUT2D eigenvalue weighted by Gasteiger charge is -2.37. The highest BCUT2D eigenvalue weighted by Crippen LogP contribution is 2.44. The molecule has 0 radical (unpaired) electrons. The summed E-state index contributed by atoms with van der Waals surface area (Å²) in [7, 11) is 0. The van der Waals surface area contributed by atoms with Crippen molar-refractivity contribution in [3.8, 4) is 0 Å². The van der Waals surface area contributed by atoms with Crippen LogP contribution in [-0.4, -0.2) is 26.1 Å². The van der Waals surface area contributed by atoms with Crippen molar-refractivity contribution < 1.29 is 19.4 Å². The zero-order valence-corrected chi connectivity index (χ0v) is 9.32. The van der Waals surface area contributed by atoms with Crippen molar-refractivity contribution >= 4 is 18.5 Å². The fraction of sp³-hybridized carbons (Fsp3) is 1.00. The summed E-state index contributed by atoms with van der Waals surface area (Å²) >= 11 is 4.29. The maximum atomic E-state index is 9.53. The molecule has 0 aliphatic rings. The summed E-state index contributed by atoms with van der Waals surface area (Å²) in [6.45, 7) is 2.40. The van der Waals surface area contributed by atoms with E-state index in [2.05, 4.69) is 11.8 Å². The van der Waals surface area contributed by atoms with Crippen LogP contribution < -0.4 is 0 Å². The molecule has 0 spiro atoms. The summed E-state index contributed by atoms with van der Waals surface area (Å²) in [5.74, 6) is 0. The number of rotatable bonds is 3. The van der Waals surface area contributed by atoms with Crippen LogP contribution in [0.5, 0.6) is 0 Å². The van der Waals surface area contributed by atoms with Crippen LogP contribution in [0.2, 0.25) is 0 Å². The molecule has 3 N–H and O–H groups in total. The van der Waals surface area contributed by atoms with Gasteiger partial charge in [-0.25, -0.2) is 0 Å². The average molecular weight is 214 g/mol. The molecule has 0 rings (SSSR count). The van der Waals surface area contributed by atoms with Crippen molar-refractivity contribution in [2.24, 2.45) is 0 Å². The molecular weight excluding hydrogens is 199 g/mol. The van der Waals surface area contributed by atoms with Crippen LogP contribution in [0.3, 0.4) is 0 Å². The molecule has 0 aromatic heterocycles. The van der Waals surface area contributed by atoms with Crippen LogP contribution in [0.15, 0.2) is 0 Å². The lowest BCUT2D eigenvalue weighted by Crippen LogP contribution is -2.46. The third-order valence-corrected chi connectivity index (χ3v) is 2.74. The fourth-order valence-electron chi connectivity index (χ4n) is 0.409. The Kier molecular flexibility index (Phi) is 3.46. The Labute approximate surface area is 77.4 Å². The van der Waals surface area contributed by atoms with Gasteiger partial charge in [0, 0.05) is 0 Å². The van der Waals surface area contributed by atoms with Crippen LogP contribution in [0.4, 0.5) is 0 Å². The number of hydrogen-bond acceptors (Lipinski definition) is 3. The van der Waals surface area contributed by atoms with Crippen LogP contribution >= 0.6 is 6.72 Å². The molecule has 6 heteroatoms. The highest BCUT2D eigenvalue weighted by molar-refractivity contribution is 8.06. The van der Waals surface area contributed by atoms with E-state index in [-0.39, 0.29) is 0 Å². The standard InChI is InChI=1S/C6H15O4PS/c1-5(2,7)6(3,4)10-11(8,9)12/h7H,1-4H3,(H2,8,9,12). The number of hydrogen-bond donors (Lipinski definition) is 3. The van der Waals surface area contributed by atoms with Gasteiger partial charge >= 0.3 is 6.72 Å². The third kappa shape index (κ3) is 3.94. The zero-order chi connectivity index (χ0) is 10.2. The van der Waals surface area contributed by atoms with E-state index in [0.29, 0.717) is 0 Å². The lowest BCUT2D eigenvalue weighted by atomic mass is 9.90. The van der Waals surface area contributed by atoms with Crippen molar-refractivity contribution in [2.75, 3.05) is 0 Å². The molecule has 4 nitrogen and oxygen atoms in total. The fourth-order valence-corrected chi connectivity index (χ4v) is 1.79. The maximum absolute atomic E-state index is 9.53. The van der Waals surface area contributed by atoms with Crippen molar-refractivity contribution in [3.63, 3.8) is 0 Å². The van der Waals surface area contributed by atoms with Gasteiger partial charge in [0.1, 0.15) is 5.60 Å². The quantitative estimate of drug-likeness (QED) is 0.605. The van der Waals surface area contributed by atoms with E-state index in [1.54, 1.807) is 13.8 Å². The first-order valence-electron chi connectivity index (χ1n) is 3.44. The normalized spacial score (nSPS) is 14.9. The summed E-state index contributed by atoms with van der Waals surface area (Å²) in [6.07, 6.45) is 0. The molecule has 0 atom stereocenters. The topological polar surface area (TPSA) is 69.9 Å². The number of aliphatic hydroxyl groups is 1. The van der Waals surface area contributed by atoms with Gasteiger partial charge in [0.15, 0.2) is 0 Å². The van der Waals surface area contributed by atoms with Crippen LogP contribution in [0, 0.1) is 0 Å². The first kappa shape index (κ1) is 12.5. The van der Waals surface area contributed by atoms with Gasteiger partial charge in [-0.15, -0.1) is 0 Å². The predicted molar refractivity (Wildman–Crippen MR) is 50.2 cm³/mol. The first-order valence-corrected chi connectivity index (χ1v) is 6.07. The third-order valence-electron chi connectivity index (χ3n) is 1.82. The van der Waals surface area contributed by atoms with Crippen molar-refractivity contribution in [2.45, 2.75) is 38.9 Å². The average Bonchev–Trinajstić information content (AvgIpc) is 1.52. The summed E-state index contributed by atoms with van der Waals surface area (Å²) in [4.78, 5) is 17.7. The van der Waals surface area contributed by atoms with Gasteiger partial charge in [0.25, 0.3) is 0 Å². The lowest BCUT2D eigenvalue weighted by molar-refractivity contribution is -0.0955. The zero-order valence-electron chi connectivity index (χ0n) is 7.61. The van der Waals surface area contributed by atoms with Crippen LogP contribution in [0.25, 0.3) is 0 Å². The molecule has 0 unspecified atom stereocenters. The molecule has 0 aliphatic carbocycles. The van der Waals surface area contributed by atoms with E-state index in [4.69, 9.17) is 14.3 Å². The van der Waals surface area contributed by atoms with Gasteiger partial charge < -0.3 is 14.9 Å². The molecule has 0 heterocycles. The Hall–Kier alpha value is 0.490. The Balaban J connectivity index is 4.56. The molecule has 0 aromatic carbocycles. The molecule has 0 bridgehead atoms. The van der Waals surface area contributed by atoms with E-state index in [1.165, 1.54) is 13.8 Å². The molecular formula is C6H15O4PS. The molecule has 0 saturated carbocycles. The maximum Gasteiger partial charge on any atom is 0.322 e. The van der Waals surface area contributed by atoms with E-state index in [0.717, 1.165) is 0 Å². The van der Waals surface area contributed by atoms with Crippen LogP contribution in [-0.2, 0) is 16.3 Å². The Morgan fingerprint density at radius 2 is 1.50 bits per heavy atom. The summed E-state index contributed by atoms with van der Waals surface area (Å²) in [6, 6.07) is 0. The SMILES string of the molecule is CC(C)(O)C(C)(C)OP(O)(O)=S. The monoisotopic (exact) mass is 214 g/mol. The molecule has 0 amide bonds. The van der Waals surface area contributed by atoms with Gasteiger partial charge in [-0.2, -0.15) is 0 Å². The molecule has 74 valence electrons. The van der Waals surface area contributed by atoms with Gasteiger partial charge in [0.05, 0.1) is 5.60 Å². The largest absolute Gasteiger partial charge is 0.387 e. The van der Waals surface area contributed by atoms with E-state index >= 15 is 0 Å². The van der Waals surface area contributed by atoms with Crippen molar-refractivity contribution in [1.29, 1.82) is 0 Å². The highest BCUT2D eigenvalue weighted by Gasteiger charge is 2.39. The second-order valence-corrected chi connectivity index (χ2v) is 6.24. The molecule has 0 aromatic rings. The molecule has 12 heavy (non-hydrogen) atoms. The Morgan fingerprint density at radius 3 is 1.58 bits per heavy atom. The van der Waals surface area contributed by atoms with Crippen molar-refractivity contribution in [3.05, 3.63) is 0 Å². The summed E-state index contributed by atoms with van der Waals surface area (Å²) < 4.78 is 4.78.